The number of rotatable bonds is 5. The number of fused-ring (bicyclic) bond motifs is 1. The number of nitrogens with two attached hydrogens (primary N) is 1. The Balaban J connectivity index is 2.24. The van der Waals surface area contributed by atoms with Crippen LogP contribution in [0.4, 0.5) is 11.4 Å². The van der Waals surface area contributed by atoms with Crippen LogP contribution in [0.25, 0.3) is 0 Å². The maximum absolute atomic E-state index is 11.7. The molecule has 0 fully saturated rings. The largest absolute Gasteiger partial charge is 0.466 e. The molecule has 0 unspecified atom stereocenters. The van der Waals surface area contributed by atoms with Gasteiger partial charge in [-0.25, -0.2) is 4.99 Å². The van der Waals surface area contributed by atoms with E-state index in [4.69, 9.17) is 10.5 Å². The monoisotopic (exact) mass is 319 g/mol. The van der Waals surface area contributed by atoms with Gasteiger partial charge in [-0.1, -0.05) is 23.9 Å². The third-order valence-corrected chi connectivity index (χ3v) is 3.66. The topological polar surface area (TPSA) is 93.8 Å². The number of benzene rings is 1. The smallest absolute Gasteiger partial charge is 0.311 e. The van der Waals surface area contributed by atoms with Crippen LogP contribution < -0.4 is 11.1 Å². The van der Waals surface area contributed by atoms with E-state index >= 15 is 0 Å². The predicted octanol–water partition coefficient (Wildman–Crippen LogP) is 2.20. The summed E-state index contributed by atoms with van der Waals surface area (Å²) in [7, 11) is 0. The highest BCUT2D eigenvalue weighted by molar-refractivity contribution is 8.14. The minimum atomic E-state index is -0.418. The Bertz CT molecular complexity index is 641. The van der Waals surface area contributed by atoms with Gasteiger partial charge in [0.1, 0.15) is 0 Å². The number of carbonyl (C=O) groups excluding carboxylic acids is 2. The number of hydrogen-bond donors (Lipinski definition) is 2. The minimum Gasteiger partial charge on any atom is -0.466 e. The van der Waals surface area contributed by atoms with Gasteiger partial charge < -0.3 is 15.8 Å². The van der Waals surface area contributed by atoms with Gasteiger partial charge >= 0.3 is 5.97 Å². The summed E-state index contributed by atoms with van der Waals surface area (Å²) in [5.41, 5.74) is 7.38. The first-order valence-electron chi connectivity index (χ1n) is 6.80. The van der Waals surface area contributed by atoms with Crippen molar-refractivity contribution in [2.75, 3.05) is 17.7 Å². The standard InChI is InChI=1S/C15H17N3O3S/c1-2-21-15(20)8-10-7-14(22-9-13(16)19)18-12-6-4-3-5-11(12)17-10/h3-7,17H,2,8-9H2,1H3,(H2,16,19). The number of anilines is 1. The number of primary amides is 1. The number of para-hydroxylation sites is 2. The van der Waals surface area contributed by atoms with Gasteiger partial charge in [-0.05, 0) is 25.1 Å². The molecule has 22 heavy (non-hydrogen) atoms. The Morgan fingerprint density at radius 1 is 1.36 bits per heavy atom. The highest BCUT2D eigenvalue weighted by Gasteiger charge is 2.14. The van der Waals surface area contributed by atoms with E-state index in [-0.39, 0.29) is 18.1 Å². The fourth-order valence-electron chi connectivity index (χ4n) is 1.87. The second-order valence-electron chi connectivity index (χ2n) is 4.50. The molecule has 1 aliphatic heterocycles. The zero-order chi connectivity index (χ0) is 15.9. The first-order chi connectivity index (χ1) is 10.6. The van der Waals surface area contributed by atoms with Crippen molar-refractivity contribution in [2.45, 2.75) is 13.3 Å². The summed E-state index contributed by atoms with van der Waals surface area (Å²) in [5, 5.41) is 3.80. The molecule has 0 radical (unpaired) electrons. The first-order valence-corrected chi connectivity index (χ1v) is 7.79. The van der Waals surface area contributed by atoms with E-state index in [0.29, 0.717) is 17.3 Å². The molecule has 6 nitrogen and oxygen atoms in total. The average molecular weight is 319 g/mol. The van der Waals surface area contributed by atoms with E-state index in [9.17, 15) is 9.59 Å². The number of aliphatic imine (C=N–C) groups is 1. The second kappa shape index (κ2) is 7.65. The number of esters is 1. The van der Waals surface area contributed by atoms with E-state index in [1.807, 2.05) is 24.3 Å². The molecule has 3 N–H and O–H groups in total. The van der Waals surface area contributed by atoms with E-state index in [1.165, 1.54) is 11.8 Å². The van der Waals surface area contributed by atoms with Crippen LogP contribution >= 0.6 is 11.8 Å². The summed E-state index contributed by atoms with van der Waals surface area (Å²) in [6, 6.07) is 7.48. The zero-order valence-corrected chi connectivity index (χ0v) is 13.0. The van der Waals surface area contributed by atoms with Gasteiger partial charge in [0.25, 0.3) is 0 Å². The van der Waals surface area contributed by atoms with E-state index in [1.54, 1.807) is 13.0 Å². The molecule has 1 heterocycles. The summed E-state index contributed by atoms with van der Waals surface area (Å²) in [6.45, 7) is 2.10. The Morgan fingerprint density at radius 3 is 2.86 bits per heavy atom. The number of amides is 1. The molecule has 1 aliphatic rings. The third kappa shape index (κ3) is 4.63. The van der Waals surface area contributed by atoms with Gasteiger partial charge in [0.2, 0.25) is 5.91 Å². The quantitative estimate of drug-likeness (QED) is 0.811. The Morgan fingerprint density at radius 2 is 2.14 bits per heavy atom. The van der Waals surface area contributed by atoms with Crippen molar-refractivity contribution < 1.29 is 14.3 Å². The van der Waals surface area contributed by atoms with Gasteiger partial charge in [0, 0.05) is 5.70 Å². The zero-order valence-electron chi connectivity index (χ0n) is 12.2. The van der Waals surface area contributed by atoms with Gasteiger partial charge in [0.05, 0.1) is 35.2 Å². The second-order valence-corrected chi connectivity index (χ2v) is 5.49. The maximum atomic E-state index is 11.7. The molecule has 0 saturated heterocycles. The lowest BCUT2D eigenvalue weighted by Crippen LogP contribution is -2.14. The molecule has 1 aromatic rings. The SMILES string of the molecule is CCOC(=O)CC1=CC(SCC(N)=O)=Nc2ccccc2N1. The number of thioether (sulfide) groups is 1. The lowest BCUT2D eigenvalue weighted by atomic mass is 10.2. The van der Waals surface area contributed by atoms with Crippen molar-refractivity contribution in [3.8, 4) is 0 Å². The molecule has 116 valence electrons. The first kappa shape index (κ1) is 16.1. The summed E-state index contributed by atoms with van der Waals surface area (Å²) in [4.78, 5) is 27.1. The summed E-state index contributed by atoms with van der Waals surface area (Å²) in [5.74, 6) is -0.608. The van der Waals surface area contributed by atoms with Gasteiger partial charge in [-0.2, -0.15) is 0 Å². The fourth-order valence-corrected chi connectivity index (χ4v) is 2.55. The maximum Gasteiger partial charge on any atom is 0.311 e. The van der Waals surface area contributed by atoms with Crippen molar-refractivity contribution in [1.29, 1.82) is 0 Å². The average Bonchev–Trinajstić information content (AvgIpc) is 2.63. The number of carbonyl (C=O) groups is 2. The lowest BCUT2D eigenvalue weighted by molar-refractivity contribution is -0.142. The fraction of sp³-hybridized carbons (Fsp3) is 0.267. The molecule has 0 bridgehead atoms. The van der Waals surface area contributed by atoms with Crippen LogP contribution in [-0.2, 0) is 14.3 Å². The van der Waals surface area contributed by atoms with Crippen molar-refractivity contribution in [3.05, 3.63) is 36.0 Å². The molecule has 2 rings (SSSR count). The predicted molar refractivity (Wildman–Crippen MR) is 88.1 cm³/mol. The summed E-state index contributed by atoms with van der Waals surface area (Å²) in [6.07, 6.45) is 1.85. The summed E-state index contributed by atoms with van der Waals surface area (Å²) < 4.78 is 4.97. The van der Waals surface area contributed by atoms with Crippen LogP contribution in [-0.4, -0.2) is 29.3 Å². The Kier molecular flexibility index (Phi) is 5.60. The minimum absolute atomic E-state index is 0.109. The molecule has 0 spiro atoms. The molecule has 7 heteroatoms. The molecule has 1 amide bonds. The van der Waals surface area contributed by atoms with Gasteiger partial charge in [-0.3, -0.25) is 9.59 Å². The number of ether oxygens (including phenoxy) is 1. The molecule has 0 atom stereocenters. The van der Waals surface area contributed by atoms with Crippen LogP contribution in [0.1, 0.15) is 13.3 Å². The van der Waals surface area contributed by atoms with Crippen molar-refractivity contribution >= 4 is 40.1 Å². The van der Waals surface area contributed by atoms with Crippen molar-refractivity contribution in [2.24, 2.45) is 10.7 Å². The molecular formula is C15H17N3O3S. The van der Waals surface area contributed by atoms with E-state index < -0.39 is 5.91 Å². The molecule has 0 aromatic heterocycles. The van der Waals surface area contributed by atoms with Crippen LogP contribution in [0.15, 0.2) is 41.0 Å². The van der Waals surface area contributed by atoms with Crippen LogP contribution in [0.2, 0.25) is 0 Å². The Hall–Kier alpha value is -2.28. The normalized spacial score (nSPS) is 13.1. The van der Waals surface area contributed by atoms with Gasteiger partial charge in [-0.15, -0.1) is 0 Å². The highest BCUT2D eigenvalue weighted by atomic mass is 32.2. The van der Waals surface area contributed by atoms with Crippen LogP contribution in [0, 0.1) is 0 Å². The van der Waals surface area contributed by atoms with E-state index in [0.717, 1.165) is 11.4 Å². The molecule has 0 saturated carbocycles. The number of hydrogen-bond acceptors (Lipinski definition) is 6. The highest BCUT2D eigenvalue weighted by Crippen LogP contribution is 2.30. The van der Waals surface area contributed by atoms with E-state index in [2.05, 4.69) is 10.3 Å². The van der Waals surface area contributed by atoms with Crippen LogP contribution in [0.3, 0.4) is 0 Å². The number of nitrogens with one attached hydrogen (secondary N) is 1. The van der Waals surface area contributed by atoms with Crippen LogP contribution in [0.5, 0.6) is 0 Å². The Labute approximate surface area is 132 Å². The molecule has 1 aromatic carbocycles. The van der Waals surface area contributed by atoms with Gasteiger partial charge in [0.15, 0.2) is 0 Å². The number of nitrogens with zero attached hydrogens (tertiary/aromatic N) is 1. The van der Waals surface area contributed by atoms with Crippen molar-refractivity contribution in [3.63, 3.8) is 0 Å². The van der Waals surface area contributed by atoms with Crippen molar-refractivity contribution in [1.82, 2.24) is 0 Å². The molecular weight excluding hydrogens is 302 g/mol. The lowest BCUT2D eigenvalue weighted by Gasteiger charge is -2.10. The molecule has 0 aliphatic carbocycles. The summed E-state index contributed by atoms with van der Waals surface area (Å²) >= 11 is 1.23. The third-order valence-electron chi connectivity index (χ3n) is 2.73.